The van der Waals surface area contributed by atoms with Crippen LogP contribution in [-0.2, 0) is 6.42 Å². The van der Waals surface area contributed by atoms with E-state index < -0.39 is 0 Å². The van der Waals surface area contributed by atoms with Gasteiger partial charge in [0.15, 0.2) is 0 Å². The summed E-state index contributed by atoms with van der Waals surface area (Å²) in [6.07, 6.45) is 14.0. The molecule has 0 saturated heterocycles. The molecular weight excluding hydrogens is 276 g/mol. The molecule has 2 aromatic carbocycles. The van der Waals surface area contributed by atoms with Crippen LogP contribution in [0.3, 0.4) is 0 Å². The van der Waals surface area contributed by atoms with Crippen molar-refractivity contribution in [1.82, 2.24) is 0 Å². The second-order valence-corrected chi connectivity index (χ2v) is 6.55. The second-order valence-electron chi connectivity index (χ2n) is 6.55. The molecule has 0 aromatic heterocycles. The molecule has 0 saturated carbocycles. The zero-order valence-electron chi connectivity index (χ0n) is 13.7. The Kier molecular flexibility index (Phi) is 3.75. The van der Waals surface area contributed by atoms with E-state index in [0.29, 0.717) is 0 Å². The van der Waals surface area contributed by atoms with Crippen molar-refractivity contribution in [3.63, 3.8) is 0 Å². The van der Waals surface area contributed by atoms with E-state index in [4.69, 9.17) is 0 Å². The lowest BCUT2D eigenvalue weighted by Crippen LogP contribution is -2.00. The van der Waals surface area contributed by atoms with E-state index in [1.807, 2.05) is 0 Å². The van der Waals surface area contributed by atoms with Crippen LogP contribution >= 0.6 is 0 Å². The van der Waals surface area contributed by atoms with Crippen LogP contribution in [0.1, 0.15) is 47.1 Å². The van der Waals surface area contributed by atoms with Crippen molar-refractivity contribution in [2.24, 2.45) is 0 Å². The molecule has 0 heterocycles. The molecule has 2 aliphatic carbocycles. The molecule has 2 aliphatic rings. The maximum Gasteiger partial charge on any atom is -0.0149 e. The summed E-state index contributed by atoms with van der Waals surface area (Å²) in [7, 11) is 0. The Balaban J connectivity index is 1.74. The summed E-state index contributed by atoms with van der Waals surface area (Å²) in [5, 5.41) is 0. The standard InChI is InChI=1S/C23H22/c1-17-12-14-18(15-13-17)20-8-4-9-21(16-20)23-11-5-7-19-6-2-3-10-22(19)23/h3,5,7-8,10-16H,2,4,6,9H2,1H3. The van der Waals surface area contributed by atoms with Crippen molar-refractivity contribution in [3.8, 4) is 0 Å². The molecule has 23 heavy (non-hydrogen) atoms. The van der Waals surface area contributed by atoms with Gasteiger partial charge in [0.25, 0.3) is 0 Å². The maximum absolute atomic E-state index is 2.40. The molecule has 0 atom stereocenters. The number of benzene rings is 2. The third-order valence-electron chi connectivity index (χ3n) is 4.90. The average molecular weight is 298 g/mol. The van der Waals surface area contributed by atoms with E-state index in [0.717, 1.165) is 12.8 Å². The summed E-state index contributed by atoms with van der Waals surface area (Å²) in [6.45, 7) is 2.14. The molecule has 0 unspecified atom stereocenters. The van der Waals surface area contributed by atoms with Crippen molar-refractivity contribution in [3.05, 3.63) is 88.5 Å². The highest BCUT2D eigenvalue weighted by atomic mass is 14.2. The molecule has 114 valence electrons. The molecule has 0 heteroatoms. The molecular formula is C23H22. The number of rotatable bonds is 2. The van der Waals surface area contributed by atoms with Gasteiger partial charge in [0.05, 0.1) is 0 Å². The Morgan fingerprint density at radius 3 is 2.61 bits per heavy atom. The van der Waals surface area contributed by atoms with Crippen LogP contribution in [-0.4, -0.2) is 0 Å². The minimum absolute atomic E-state index is 1.13. The van der Waals surface area contributed by atoms with Crippen molar-refractivity contribution in [2.45, 2.75) is 32.6 Å². The molecule has 4 rings (SSSR count). The van der Waals surface area contributed by atoms with Gasteiger partial charge >= 0.3 is 0 Å². The summed E-state index contributed by atoms with van der Waals surface area (Å²) in [4.78, 5) is 0. The van der Waals surface area contributed by atoms with Crippen LogP contribution in [0.5, 0.6) is 0 Å². The number of aryl methyl sites for hydroxylation is 2. The van der Waals surface area contributed by atoms with Gasteiger partial charge in [-0.3, -0.25) is 0 Å². The van der Waals surface area contributed by atoms with Crippen LogP contribution in [0.15, 0.2) is 60.7 Å². The van der Waals surface area contributed by atoms with E-state index in [2.05, 4.69) is 73.7 Å². The quantitative estimate of drug-likeness (QED) is 0.618. The third kappa shape index (κ3) is 2.82. The van der Waals surface area contributed by atoms with Crippen molar-refractivity contribution >= 4 is 17.2 Å². The zero-order valence-corrected chi connectivity index (χ0v) is 13.7. The highest BCUT2D eigenvalue weighted by Crippen LogP contribution is 2.35. The fourth-order valence-corrected chi connectivity index (χ4v) is 3.61. The van der Waals surface area contributed by atoms with Gasteiger partial charge in [-0.1, -0.05) is 72.3 Å². The Morgan fingerprint density at radius 1 is 0.870 bits per heavy atom. The van der Waals surface area contributed by atoms with Crippen LogP contribution in [0, 0.1) is 6.92 Å². The molecule has 0 amide bonds. The van der Waals surface area contributed by atoms with Crippen LogP contribution in [0.4, 0.5) is 0 Å². The topological polar surface area (TPSA) is 0 Å². The summed E-state index contributed by atoms with van der Waals surface area (Å²) in [6, 6.07) is 15.7. The van der Waals surface area contributed by atoms with E-state index in [1.54, 1.807) is 0 Å². The van der Waals surface area contributed by atoms with Gasteiger partial charge in [0.2, 0.25) is 0 Å². The first-order chi connectivity index (χ1) is 11.3. The Bertz CT molecular complexity index is 814. The number of fused-ring (bicyclic) bond motifs is 1. The van der Waals surface area contributed by atoms with E-state index in [-0.39, 0.29) is 0 Å². The Labute approximate surface area is 138 Å². The van der Waals surface area contributed by atoms with Crippen molar-refractivity contribution < 1.29 is 0 Å². The molecule has 0 bridgehead atoms. The molecule has 0 N–H and O–H groups in total. The predicted octanol–water partition coefficient (Wildman–Crippen LogP) is 6.22. The monoisotopic (exact) mass is 298 g/mol. The van der Waals surface area contributed by atoms with Gasteiger partial charge in [-0.05, 0) is 66.0 Å². The average Bonchev–Trinajstić information content (AvgIpc) is 2.62. The highest BCUT2D eigenvalue weighted by molar-refractivity contribution is 5.88. The van der Waals surface area contributed by atoms with Gasteiger partial charge in [0, 0.05) is 0 Å². The Hall–Kier alpha value is -2.34. The van der Waals surface area contributed by atoms with Gasteiger partial charge < -0.3 is 0 Å². The minimum Gasteiger partial charge on any atom is -0.0836 e. The van der Waals surface area contributed by atoms with E-state index >= 15 is 0 Å². The first-order valence-corrected chi connectivity index (χ1v) is 8.58. The summed E-state index contributed by atoms with van der Waals surface area (Å²) < 4.78 is 0. The third-order valence-corrected chi connectivity index (χ3v) is 4.90. The molecule has 0 fully saturated rings. The predicted molar refractivity (Wildman–Crippen MR) is 100 cm³/mol. The lowest BCUT2D eigenvalue weighted by atomic mass is 9.85. The number of hydrogen-bond donors (Lipinski definition) is 0. The lowest BCUT2D eigenvalue weighted by Gasteiger charge is -2.20. The fourth-order valence-electron chi connectivity index (χ4n) is 3.61. The summed E-state index contributed by atoms with van der Waals surface area (Å²) >= 11 is 0. The number of hydrogen-bond acceptors (Lipinski definition) is 0. The van der Waals surface area contributed by atoms with Crippen molar-refractivity contribution in [2.75, 3.05) is 0 Å². The van der Waals surface area contributed by atoms with Crippen molar-refractivity contribution in [1.29, 1.82) is 0 Å². The minimum atomic E-state index is 1.13. The Morgan fingerprint density at radius 2 is 1.74 bits per heavy atom. The molecule has 2 aromatic rings. The summed E-state index contributed by atoms with van der Waals surface area (Å²) in [5.74, 6) is 0. The van der Waals surface area contributed by atoms with E-state index in [1.165, 1.54) is 51.8 Å². The molecule has 0 aliphatic heterocycles. The molecule has 0 radical (unpaired) electrons. The smallest absolute Gasteiger partial charge is 0.0149 e. The number of allylic oxidation sites excluding steroid dienone is 5. The van der Waals surface area contributed by atoms with E-state index in [9.17, 15) is 0 Å². The van der Waals surface area contributed by atoms with Gasteiger partial charge in [-0.25, -0.2) is 0 Å². The van der Waals surface area contributed by atoms with Crippen LogP contribution in [0.25, 0.3) is 17.2 Å². The normalized spacial score (nSPS) is 16.6. The SMILES string of the molecule is Cc1ccc(C2=CCCC(c3cccc4c3C=CCC4)=C2)cc1. The molecule has 0 spiro atoms. The van der Waals surface area contributed by atoms with Crippen LogP contribution < -0.4 is 0 Å². The van der Waals surface area contributed by atoms with Gasteiger partial charge in [0.1, 0.15) is 0 Å². The van der Waals surface area contributed by atoms with Gasteiger partial charge in [-0.2, -0.15) is 0 Å². The zero-order chi connectivity index (χ0) is 15.6. The lowest BCUT2D eigenvalue weighted by molar-refractivity contribution is 0.980. The first-order valence-electron chi connectivity index (χ1n) is 8.58. The molecule has 0 nitrogen and oxygen atoms in total. The van der Waals surface area contributed by atoms with Gasteiger partial charge in [-0.15, -0.1) is 0 Å². The first kappa shape index (κ1) is 14.3. The van der Waals surface area contributed by atoms with Crippen LogP contribution in [0.2, 0.25) is 0 Å². The second kappa shape index (κ2) is 6.04. The maximum atomic E-state index is 2.40. The highest BCUT2D eigenvalue weighted by Gasteiger charge is 2.15. The fraction of sp³-hybridized carbons (Fsp3) is 0.217. The largest absolute Gasteiger partial charge is 0.0836 e. The summed E-state index contributed by atoms with van der Waals surface area (Å²) in [5.41, 5.74) is 9.85.